The van der Waals surface area contributed by atoms with Gasteiger partial charge in [-0.15, -0.1) is 0 Å². The third-order valence-electron chi connectivity index (χ3n) is 2.36. The van der Waals surface area contributed by atoms with E-state index in [4.69, 9.17) is 0 Å². The second-order valence-electron chi connectivity index (χ2n) is 3.44. The van der Waals surface area contributed by atoms with Crippen LogP contribution in [0, 0.1) is 6.92 Å². The Balaban J connectivity index is 2.14. The summed E-state index contributed by atoms with van der Waals surface area (Å²) in [6, 6.07) is 4.68. The number of piperazine rings is 1. The van der Waals surface area contributed by atoms with Gasteiger partial charge in [-0.25, -0.2) is 0 Å². The molecule has 1 aromatic rings. The molecular formula is C10H15N3. The maximum Gasteiger partial charge on any atom is 0.0448 e. The molecule has 0 saturated carbocycles. The van der Waals surface area contributed by atoms with E-state index in [9.17, 15) is 0 Å². The minimum Gasteiger partial charge on any atom is -0.314 e. The van der Waals surface area contributed by atoms with E-state index < -0.39 is 0 Å². The maximum absolute atomic E-state index is 4.19. The summed E-state index contributed by atoms with van der Waals surface area (Å²) >= 11 is 0. The Hall–Kier alpha value is -0.930. The van der Waals surface area contributed by atoms with Crippen molar-refractivity contribution in [2.24, 2.45) is 0 Å². The predicted molar refractivity (Wildman–Crippen MR) is 52.6 cm³/mol. The Morgan fingerprint density at radius 3 is 3.08 bits per heavy atom. The van der Waals surface area contributed by atoms with E-state index >= 15 is 0 Å². The molecule has 0 aromatic carbocycles. The third kappa shape index (κ3) is 2.05. The van der Waals surface area contributed by atoms with Gasteiger partial charge in [-0.1, -0.05) is 0 Å². The summed E-state index contributed by atoms with van der Waals surface area (Å²) in [5.74, 6) is 0. The van der Waals surface area contributed by atoms with Crippen LogP contribution in [0.25, 0.3) is 0 Å². The zero-order valence-corrected chi connectivity index (χ0v) is 7.88. The SMILES string of the molecule is Cc1cc(C2CNCCN2)ccn1. The van der Waals surface area contributed by atoms with Crippen LogP contribution in [0.4, 0.5) is 0 Å². The average molecular weight is 177 g/mol. The first-order chi connectivity index (χ1) is 6.36. The fourth-order valence-electron chi connectivity index (χ4n) is 1.67. The van der Waals surface area contributed by atoms with Crippen molar-refractivity contribution in [3.8, 4) is 0 Å². The highest BCUT2D eigenvalue weighted by Gasteiger charge is 2.13. The third-order valence-corrected chi connectivity index (χ3v) is 2.36. The molecule has 2 N–H and O–H groups in total. The topological polar surface area (TPSA) is 37.0 Å². The molecule has 2 rings (SSSR count). The molecule has 3 heteroatoms. The van der Waals surface area contributed by atoms with E-state index in [1.54, 1.807) is 0 Å². The zero-order chi connectivity index (χ0) is 9.10. The number of aromatic nitrogens is 1. The number of nitrogens with zero attached hydrogens (tertiary/aromatic N) is 1. The molecule has 0 amide bonds. The van der Waals surface area contributed by atoms with Crippen LogP contribution in [0.3, 0.4) is 0 Å². The van der Waals surface area contributed by atoms with Gasteiger partial charge < -0.3 is 10.6 Å². The number of hydrogen-bond donors (Lipinski definition) is 2. The van der Waals surface area contributed by atoms with Crippen molar-refractivity contribution in [3.05, 3.63) is 29.6 Å². The molecule has 1 aromatic heterocycles. The first kappa shape index (κ1) is 8.66. The number of rotatable bonds is 1. The highest BCUT2D eigenvalue weighted by atomic mass is 15.1. The molecule has 0 radical (unpaired) electrons. The van der Waals surface area contributed by atoms with Crippen molar-refractivity contribution >= 4 is 0 Å². The van der Waals surface area contributed by atoms with Crippen LogP contribution in [-0.2, 0) is 0 Å². The average Bonchev–Trinajstić information content (AvgIpc) is 2.19. The van der Waals surface area contributed by atoms with Gasteiger partial charge in [0.05, 0.1) is 0 Å². The van der Waals surface area contributed by atoms with Gasteiger partial charge in [-0.3, -0.25) is 4.98 Å². The smallest absolute Gasteiger partial charge is 0.0448 e. The second kappa shape index (κ2) is 3.85. The number of aryl methyl sites for hydroxylation is 1. The quantitative estimate of drug-likeness (QED) is 0.660. The largest absolute Gasteiger partial charge is 0.314 e. The Morgan fingerprint density at radius 2 is 2.38 bits per heavy atom. The van der Waals surface area contributed by atoms with Crippen molar-refractivity contribution in [2.75, 3.05) is 19.6 Å². The normalized spacial score (nSPS) is 23.0. The standard InChI is InChI=1S/C10H15N3/c1-8-6-9(2-3-12-8)10-7-11-4-5-13-10/h2-3,6,10-11,13H,4-5,7H2,1H3. The van der Waals surface area contributed by atoms with E-state index in [-0.39, 0.29) is 0 Å². The molecule has 0 aliphatic carbocycles. The van der Waals surface area contributed by atoms with Gasteiger partial charge in [0, 0.05) is 37.6 Å². The molecule has 1 aliphatic heterocycles. The van der Waals surface area contributed by atoms with Gasteiger partial charge in [-0.2, -0.15) is 0 Å². The van der Waals surface area contributed by atoms with Gasteiger partial charge in [0.15, 0.2) is 0 Å². The summed E-state index contributed by atoms with van der Waals surface area (Å²) in [5.41, 5.74) is 2.42. The zero-order valence-electron chi connectivity index (χ0n) is 7.88. The Morgan fingerprint density at radius 1 is 1.46 bits per heavy atom. The number of pyridine rings is 1. The van der Waals surface area contributed by atoms with Gasteiger partial charge >= 0.3 is 0 Å². The van der Waals surface area contributed by atoms with E-state index in [2.05, 4.69) is 27.8 Å². The van der Waals surface area contributed by atoms with Crippen molar-refractivity contribution in [1.29, 1.82) is 0 Å². The van der Waals surface area contributed by atoms with E-state index in [0.717, 1.165) is 25.3 Å². The lowest BCUT2D eigenvalue weighted by atomic mass is 10.1. The lowest BCUT2D eigenvalue weighted by Crippen LogP contribution is -2.42. The van der Waals surface area contributed by atoms with Gasteiger partial charge in [-0.05, 0) is 24.6 Å². The lowest BCUT2D eigenvalue weighted by molar-refractivity contribution is 0.430. The molecule has 1 atom stereocenters. The summed E-state index contributed by atoms with van der Waals surface area (Å²) in [5, 5.41) is 6.84. The van der Waals surface area contributed by atoms with Crippen LogP contribution in [0.5, 0.6) is 0 Å². The molecule has 1 fully saturated rings. The summed E-state index contributed by atoms with van der Waals surface area (Å²) in [7, 11) is 0. The van der Waals surface area contributed by atoms with Gasteiger partial charge in [0.2, 0.25) is 0 Å². The fraction of sp³-hybridized carbons (Fsp3) is 0.500. The maximum atomic E-state index is 4.19. The molecule has 1 unspecified atom stereocenters. The van der Waals surface area contributed by atoms with Gasteiger partial charge in [0.25, 0.3) is 0 Å². The molecule has 70 valence electrons. The molecule has 13 heavy (non-hydrogen) atoms. The molecule has 3 nitrogen and oxygen atoms in total. The molecule has 0 spiro atoms. The van der Waals surface area contributed by atoms with Gasteiger partial charge in [0.1, 0.15) is 0 Å². The highest BCUT2D eigenvalue weighted by Crippen LogP contribution is 2.13. The first-order valence-corrected chi connectivity index (χ1v) is 4.73. The van der Waals surface area contributed by atoms with Crippen LogP contribution in [0.1, 0.15) is 17.3 Å². The number of hydrogen-bond acceptors (Lipinski definition) is 3. The highest BCUT2D eigenvalue weighted by molar-refractivity contribution is 5.20. The molecule has 0 bridgehead atoms. The first-order valence-electron chi connectivity index (χ1n) is 4.73. The number of nitrogens with one attached hydrogen (secondary N) is 2. The Kier molecular flexibility index (Phi) is 2.57. The van der Waals surface area contributed by atoms with Crippen LogP contribution < -0.4 is 10.6 Å². The lowest BCUT2D eigenvalue weighted by Gasteiger charge is -2.24. The van der Waals surface area contributed by atoms with E-state index in [1.165, 1.54) is 5.56 Å². The summed E-state index contributed by atoms with van der Waals surface area (Å²) in [6.07, 6.45) is 1.88. The Bertz CT molecular complexity index is 279. The monoisotopic (exact) mass is 177 g/mol. The van der Waals surface area contributed by atoms with E-state index in [0.29, 0.717) is 6.04 Å². The van der Waals surface area contributed by atoms with Crippen molar-refractivity contribution in [2.45, 2.75) is 13.0 Å². The van der Waals surface area contributed by atoms with Crippen LogP contribution in [-0.4, -0.2) is 24.6 Å². The minimum atomic E-state index is 0.454. The van der Waals surface area contributed by atoms with Crippen LogP contribution in [0.15, 0.2) is 18.3 Å². The van der Waals surface area contributed by atoms with Crippen LogP contribution in [0.2, 0.25) is 0 Å². The second-order valence-corrected chi connectivity index (χ2v) is 3.44. The molecule has 1 saturated heterocycles. The van der Waals surface area contributed by atoms with E-state index in [1.807, 2.05) is 13.1 Å². The van der Waals surface area contributed by atoms with Crippen molar-refractivity contribution in [1.82, 2.24) is 15.6 Å². The summed E-state index contributed by atoms with van der Waals surface area (Å²) in [6.45, 7) is 5.16. The van der Waals surface area contributed by atoms with Crippen molar-refractivity contribution < 1.29 is 0 Å². The fourth-order valence-corrected chi connectivity index (χ4v) is 1.67. The molecule has 1 aliphatic rings. The molecular weight excluding hydrogens is 162 g/mol. The van der Waals surface area contributed by atoms with Crippen molar-refractivity contribution in [3.63, 3.8) is 0 Å². The Labute approximate surface area is 78.6 Å². The summed E-state index contributed by atoms with van der Waals surface area (Å²) < 4.78 is 0. The predicted octanol–water partition coefficient (Wildman–Crippen LogP) is 0.624. The summed E-state index contributed by atoms with van der Waals surface area (Å²) in [4.78, 5) is 4.19. The van der Waals surface area contributed by atoms with Crippen LogP contribution >= 0.6 is 0 Å². The molecule has 2 heterocycles. The minimum absolute atomic E-state index is 0.454.